The minimum absolute atomic E-state index is 0.794. The van der Waals surface area contributed by atoms with Crippen molar-refractivity contribution in [1.82, 2.24) is 0 Å². The Kier molecular flexibility index (Phi) is 8.90. The first-order chi connectivity index (χ1) is 21.5. The van der Waals surface area contributed by atoms with Gasteiger partial charge in [-0.15, -0.1) is 0 Å². The molecule has 0 unspecified atom stereocenters. The monoisotopic (exact) mass is 596 g/mol. The van der Waals surface area contributed by atoms with Gasteiger partial charge in [-0.05, 0) is 72.8 Å². The van der Waals surface area contributed by atoms with E-state index < -0.39 is 0 Å². The third kappa shape index (κ3) is 5.24. The molecular weight excluding hydrogens is 560 g/mol. The number of ether oxygens (including phenoxy) is 8. The van der Waals surface area contributed by atoms with Gasteiger partial charge in [-0.25, -0.2) is 0 Å². The molecule has 0 aliphatic rings. The van der Waals surface area contributed by atoms with Crippen LogP contribution in [0.1, 0.15) is 0 Å². The smallest absolute Gasteiger partial charge is 0.126 e. The van der Waals surface area contributed by atoms with Gasteiger partial charge in [-0.1, -0.05) is 0 Å². The second-order valence-corrected chi connectivity index (χ2v) is 9.77. The normalized spacial score (nSPS) is 10.7. The fourth-order valence-corrected chi connectivity index (χ4v) is 5.58. The van der Waals surface area contributed by atoms with Gasteiger partial charge in [0.1, 0.15) is 46.0 Å². The van der Waals surface area contributed by atoms with Gasteiger partial charge >= 0.3 is 0 Å². The van der Waals surface area contributed by atoms with Crippen LogP contribution in [0, 0.1) is 0 Å². The molecule has 0 aliphatic carbocycles. The maximum atomic E-state index is 5.48. The fourth-order valence-electron chi connectivity index (χ4n) is 5.58. The van der Waals surface area contributed by atoms with Gasteiger partial charge in [-0.2, -0.15) is 0 Å². The highest BCUT2D eigenvalue weighted by molar-refractivity contribution is 6.08. The number of hydrogen-bond acceptors (Lipinski definition) is 8. The highest BCUT2D eigenvalue weighted by Crippen LogP contribution is 2.43. The predicted octanol–water partition coefficient (Wildman–Crippen LogP) is 8.05. The molecule has 0 atom stereocenters. The molecule has 6 aromatic rings. The van der Waals surface area contributed by atoms with E-state index in [2.05, 4.69) is 0 Å². The summed E-state index contributed by atoms with van der Waals surface area (Å²) in [7, 11) is 13.3. The number of rotatable bonds is 8. The van der Waals surface area contributed by atoms with Crippen LogP contribution in [-0.4, -0.2) is 56.9 Å². The Morgan fingerprint density at radius 3 is 0.432 bits per heavy atom. The zero-order valence-electron chi connectivity index (χ0n) is 26.2. The molecule has 6 rings (SSSR count). The van der Waals surface area contributed by atoms with E-state index in [1.165, 1.54) is 0 Å². The summed E-state index contributed by atoms with van der Waals surface area (Å²) in [6.45, 7) is 0. The van der Waals surface area contributed by atoms with E-state index in [1.807, 2.05) is 72.8 Å². The topological polar surface area (TPSA) is 73.8 Å². The average Bonchev–Trinajstić information content (AvgIpc) is 3.08. The van der Waals surface area contributed by atoms with Crippen molar-refractivity contribution >= 4 is 43.1 Å². The van der Waals surface area contributed by atoms with Crippen molar-refractivity contribution in [1.29, 1.82) is 0 Å². The first-order valence-electron chi connectivity index (χ1n) is 13.9. The van der Waals surface area contributed by atoms with Crippen molar-refractivity contribution in [3.63, 3.8) is 0 Å². The molecule has 0 bridgehead atoms. The SMILES string of the molecule is COc1ccc(OC)c2cc3c(OC)ccc(OC)c3cc12.COc1ccc(OC)c2cc3c(OC)ccc(OC)c3cc12. The summed E-state index contributed by atoms with van der Waals surface area (Å²) < 4.78 is 43.8. The Morgan fingerprint density at radius 1 is 0.227 bits per heavy atom. The Bertz CT molecular complexity index is 1550. The molecule has 6 aromatic carbocycles. The van der Waals surface area contributed by atoms with Crippen LogP contribution in [0.4, 0.5) is 0 Å². The molecule has 8 nitrogen and oxygen atoms in total. The number of fused-ring (bicyclic) bond motifs is 4. The lowest BCUT2D eigenvalue weighted by atomic mass is 10.0. The lowest BCUT2D eigenvalue weighted by Crippen LogP contribution is -1.93. The summed E-state index contributed by atoms with van der Waals surface area (Å²) in [4.78, 5) is 0. The van der Waals surface area contributed by atoms with E-state index in [1.54, 1.807) is 56.9 Å². The van der Waals surface area contributed by atoms with Gasteiger partial charge in [0.15, 0.2) is 0 Å². The van der Waals surface area contributed by atoms with Crippen LogP contribution in [0.2, 0.25) is 0 Å². The summed E-state index contributed by atoms with van der Waals surface area (Å²) >= 11 is 0. The van der Waals surface area contributed by atoms with Gasteiger partial charge in [0, 0.05) is 43.1 Å². The molecule has 0 saturated heterocycles. The molecule has 0 heterocycles. The lowest BCUT2D eigenvalue weighted by molar-refractivity contribution is 0.409. The number of hydrogen-bond donors (Lipinski definition) is 0. The van der Waals surface area contributed by atoms with E-state index >= 15 is 0 Å². The van der Waals surface area contributed by atoms with Crippen LogP contribution < -0.4 is 37.9 Å². The quantitative estimate of drug-likeness (QED) is 0.163. The first-order valence-corrected chi connectivity index (χ1v) is 13.9. The average molecular weight is 597 g/mol. The third-order valence-corrected chi connectivity index (χ3v) is 7.74. The van der Waals surface area contributed by atoms with Gasteiger partial charge in [0.05, 0.1) is 56.9 Å². The molecule has 0 aliphatic heterocycles. The fraction of sp³-hybridized carbons (Fsp3) is 0.222. The maximum Gasteiger partial charge on any atom is 0.126 e. The zero-order chi connectivity index (χ0) is 31.4. The van der Waals surface area contributed by atoms with Gasteiger partial charge in [0.2, 0.25) is 0 Å². The largest absolute Gasteiger partial charge is 0.496 e. The van der Waals surface area contributed by atoms with Crippen LogP contribution in [0.5, 0.6) is 46.0 Å². The summed E-state index contributed by atoms with van der Waals surface area (Å²) in [6.07, 6.45) is 0. The summed E-state index contributed by atoms with van der Waals surface area (Å²) in [6, 6.07) is 23.4. The van der Waals surface area contributed by atoms with Crippen LogP contribution in [0.3, 0.4) is 0 Å². The van der Waals surface area contributed by atoms with Crippen LogP contribution in [-0.2, 0) is 0 Å². The standard InChI is InChI=1S/2C18H18O4/c2*1-19-15-5-6-16(20-2)12-10-14-13(9-11(12)15)17(21-3)7-8-18(14)22-4/h2*5-10H,1-4H3. The van der Waals surface area contributed by atoms with Gasteiger partial charge < -0.3 is 37.9 Å². The second kappa shape index (κ2) is 13.0. The molecule has 0 saturated carbocycles. The van der Waals surface area contributed by atoms with Gasteiger partial charge in [-0.3, -0.25) is 0 Å². The third-order valence-electron chi connectivity index (χ3n) is 7.74. The molecule has 228 valence electrons. The Balaban J connectivity index is 0.000000175. The molecule has 0 fully saturated rings. The van der Waals surface area contributed by atoms with Gasteiger partial charge in [0.25, 0.3) is 0 Å². The van der Waals surface area contributed by atoms with Crippen molar-refractivity contribution in [2.45, 2.75) is 0 Å². The molecule has 0 amide bonds. The van der Waals surface area contributed by atoms with Crippen LogP contribution in [0.15, 0.2) is 72.8 Å². The number of methoxy groups -OCH3 is 8. The van der Waals surface area contributed by atoms with Crippen molar-refractivity contribution < 1.29 is 37.9 Å². The van der Waals surface area contributed by atoms with Crippen molar-refractivity contribution in [3.05, 3.63) is 72.8 Å². The van der Waals surface area contributed by atoms with E-state index in [0.717, 1.165) is 89.1 Å². The minimum Gasteiger partial charge on any atom is -0.496 e. The molecule has 0 aromatic heterocycles. The zero-order valence-corrected chi connectivity index (χ0v) is 26.2. The molecule has 8 heteroatoms. The van der Waals surface area contributed by atoms with Crippen molar-refractivity contribution in [3.8, 4) is 46.0 Å². The van der Waals surface area contributed by atoms with Crippen molar-refractivity contribution in [2.24, 2.45) is 0 Å². The van der Waals surface area contributed by atoms with E-state index in [9.17, 15) is 0 Å². The van der Waals surface area contributed by atoms with Crippen LogP contribution in [0.25, 0.3) is 43.1 Å². The highest BCUT2D eigenvalue weighted by Gasteiger charge is 2.15. The van der Waals surface area contributed by atoms with E-state index in [-0.39, 0.29) is 0 Å². The second-order valence-electron chi connectivity index (χ2n) is 9.77. The number of benzene rings is 6. The first kappa shape index (κ1) is 30.2. The Labute approximate surface area is 256 Å². The van der Waals surface area contributed by atoms with Crippen LogP contribution >= 0.6 is 0 Å². The molecular formula is C36H36O8. The molecule has 0 radical (unpaired) electrons. The molecule has 0 spiro atoms. The summed E-state index contributed by atoms with van der Waals surface area (Å²) in [5, 5.41) is 7.78. The predicted molar refractivity (Wildman–Crippen MR) is 175 cm³/mol. The molecule has 44 heavy (non-hydrogen) atoms. The summed E-state index contributed by atoms with van der Waals surface area (Å²) in [5.41, 5.74) is 0. The Hall–Kier alpha value is -5.24. The molecule has 0 N–H and O–H groups in total. The summed E-state index contributed by atoms with van der Waals surface area (Å²) in [5.74, 6) is 6.35. The Morgan fingerprint density at radius 2 is 0.341 bits per heavy atom. The lowest BCUT2D eigenvalue weighted by Gasteiger charge is -2.14. The van der Waals surface area contributed by atoms with E-state index in [0.29, 0.717) is 0 Å². The van der Waals surface area contributed by atoms with E-state index in [4.69, 9.17) is 37.9 Å². The maximum absolute atomic E-state index is 5.48. The minimum atomic E-state index is 0.794. The highest BCUT2D eigenvalue weighted by atomic mass is 16.5. The van der Waals surface area contributed by atoms with Crippen molar-refractivity contribution in [2.75, 3.05) is 56.9 Å².